The maximum atomic E-state index is 12.2. The van der Waals surface area contributed by atoms with Gasteiger partial charge in [0.25, 0.3) is 5.91 Å². The van der Waals surface area contributed by atoms with E-state index >= 15 is 0 Å². The molecule has 7 nitrogen and oxygen atoms in total. The molecule has 1 amide bonds. The zero-order valence-electron chi connectivity index (χ0n) is 17.3. The normalized spacial score (nSPS) is 17.7. The number of nitrogens with zero attached hydrogens (tertiary/aromatic N) is 4. The summed E-state index contributed by atoms with van der Waals surface area (Å²) in [5.41, 5.74) is 3.69. The summed E-state index contributed by atoms with van der Waals surface area (Å²) in [4.78, 5) is 27.0. The molecule has 4 heterocycles. The third-order valence-corrected chi connectivity index (χ3v) is 5.27. The Morgan fingerprint density at radius 1 is 1.06 bits per heavy atom. The maximum absolute atomic E-state index is 12.2. The van der Waals surface area contributed by atoms with E-state index in [4.69, 9.17) is 4.74 Å². The molecule has 0 aliphatic carbocycles. The fourth-order valence-electron chi connectivity index (χ4n) is 3.59. The average Bonchev–Trinajstić information content (AvgIpc) is 2.82. The molecule has 2 aromatic carbocycles. The number of nitrogens with one attached hydrogen (secondary N) is 1. The van der Waals surface area contributed by atoms with E-state index in [1.54, 1.807) is 12.3 Å². The molecule has 32 heavy (non-hydrogen) atoms. The highest BCUT2D eigenvalue weighted by molar-refractivity contribution is 5.94. The van der Waals surface area contributed by atoms with Crippen LogP contribution in [0.3, 0.4) is 0 Å². The highest BCUT2D eigenvalue weighted by Gasteiger charge is 2.12. The van der Waals surface area contributed by atoms with Gasteiger partial charge < -0.3 is 15.0 Å². The molecule has 1 aromatic heterocycles. The molecule has 0 radical (unpaired) electrons. The number of allylic oxidation sites excluding steroid dienone is 2. The monoisotopic (exact) mass is 423 g/mol. The van der Waals surface area contributed by atoms with E-state index in [0.717, 1.165) is 40.7 Å². The molecular formula is C25H21N5O2. The Kier molecular flexibility index (Phi) is 5.45. The molecule has 0 unspecified atom stereocenters. The Balaban J connectivity index is 1.58. The summed E-state index contributed by atoms with van der Waals surface area (Å²) in [6, 6.07) is 13.6. The van der Waals surface area contributed by atoms with Crippen molar-refractivity contribution in [2.24, 2.45) is 4.99 Å². The number of para-hydroxylation sites is 1. The second kappa shape index (κ2) is 8.85. The Morgan fingerprint density at radius 2 is 2.00 bits per heavy atom. The van der Waals surface area contributed by atoms with Crippen molar-refractivity contribution in [3.63, 3.8) is 0 Å². The largest absolute Gasteiger partial charge is 0.465 e. The topological polar surface area (TPSA) is 79.7 Å². The number of anilines is 2. The molecule has 0 saturated heterocycles. The van der Waals surface area contributed by atoms with E-state index < -0.39 is 0 Å². The van der Waals surface area contributed by atoms with Crippen LogP contribution in [0.4, 0.5) is 11.5 Å². The highest BCUT2D eigenvalue weighted by Crippen LogP contribution is 2.29. The zero-order chi connectivity index (χ0) is 21.8. The Labute approximate surface area is 185 Å². The first kappa shape index (κ1) is 19.7. The molecule has 158 valence electrons. The highest BCUT2D eigenvalue weighted by atomic mass is 16.5. The number of amides is 1. The Bertz CT molecular complexity index is 1290. The molecule has 1 N–H and O–H groups in total. The fraction of sp³-hybridized carbons (Fsp3) is 0.120. The van der Waals surface area contributed by atoms with Crippen LogP contribution >= 0.6 is 0 Å². The minimum absolute atomic E-state index is 0.188. The van der Waals surface area contributed by atoms with Gasteiger partial charge in [0, 0.05) is 23.8 Å². The lowest BCUT2D eigenvalue weighted by atomic mass is 10.1. The first-order valence-corrected chi connectivity index (χ1v) is 10.4. The van der Waals surface area contributed by atoms with Gasteiger partial charge >= 0.3 is 0 Å². The van der Waals surface area contributed by atoms with E-state index in [2.05, 4.69) is 20.3 Å². The molecule has 3 aliphatic heterocycles. The number of benzene rings is 2. The summed E-state index contributed by atoms with van der Waals surface area (Å²) in [6.45, 7) is 0.980. The third-order valence-electron chi connectivity index (χ3n) is 5.27. The van der Waals surface area contributed by atoms with Crippen molar-refractivity contribution in [3.8, 4) is 5.75 Å². The van der Waals surface area contributed by atoms with Crippen LogP contribution in [0.1, 0.15) is 12.0 Å². The molecular weight excluding hydrogens is 402 g/mol. The van der Waals surface area contributed by atoms with E-state index in [9.17, 15) is 4.79 Å². The first-order valence-electron chi connectivity index (χ1n) is 10.4. The van der Waals surface area contributed by atoms with Crippen LogP contribution in [-0.2, 0) is 4.79 Å². The molecule has 0 atom stereocenters. The quantitative estimate of drug-likeness (QED) is 0.574. The van der Waals surface area contributed by atoms with Gasteiger partial charge in [0.05, 0.1) is 18.3 Å². The van der Waals surface area contributed by atoms with Crippen LogP contribution < -0.4 is 10.1 Å². The third kappa shape index (κ3) is 4.41. The number of ether oxygens (including phenoxy) is 1. The van der Waals surface area contributed by atoms with Crippen molar-refractivity contribution in [1.29, 1.82) is 0 Å². The van der Waals surface area contributed by atoms with Gasteiger partial charge in [0.1, 0.15) is 17.9 Å². The Morgan fingerprint density at radius 3 is 2.91 bits per heavy atom. The smallest absolute Gasteiger partial charge is 0.265 e. The lowest BCUT2D eigenvalue weighted by molar-refractivity contribution is -0.118. The van der Waals surface area contributed by atoms with Crippen molar-refractivity contribution in [2.45, 2.75) is 6.42 Å². The predicted molar refractivity (Wildman–Crippen MR) is 126 cm³/mol. The molecule has 6 rings (SSSR count). The summed E-state index contributed by atoms with van der Waals surface area (Å²) in [6.07, 6.45) is 13.1. The minimum Gasteiger partial charge on any atom is -0.465 e. The second-order valence-corrected chi connectivity index (χ2v) is 7.49. The van der Waals surface area contributed by atoms with Gasteiger partial charge in [-0.25, -0.2) is 15.0 Å². The lowest BCUT2D eigenvalue weighted by Gasteiger charge is -2.22. The van der Waals surface area contributed by atoms with Crippen molar-refractivity contribution >= 4 is 40.6 Å². The molecule has 0 spiro atoms. The van der Waals surface area contributed by atoms with Gasteiger partial charge in [-0.3, -0.25) is 4.79 Å². The van der Waals surface area contributed by atoms with Gasteiger partial charge in [0.2, 0.25) is 0 Å². The van der Waals surface area contributed by atoms with Crippen molar-refractivity contribution in [3.05, 3.63) is 84.5 Å². The van der Waals surface area contributed by atoms with Crippen molar-refractivity contribution in [2.75, 3.05) is 18.4 Å². The van der Waals surface area contributed by atoms with Crippen LogP contribution in [0.15, 0.2) is 84.0 Å². The lowest BCUT2D eigenvalue weighted by Crippen LogP contribution is -2.27. The number of hydrogen-bond acceptors (Lipinski definition) is 6. The van der Waals surface area contributed by atoms with Gasteiger partial charge in [-0.05, 0) is 60.2 Å². The number of aromatic nitrogens is 2. The van der Waals surface area contributed by atoms with Crippen LogP contribution in [0.2, 0.25) is 0 Å². The van der Waals surface area contributed by atoms with Gasteiger partial charge in [-0.1, -0.05) is 24.3 Å². The average molecular weight is 423 g/mol. The fourth-order valence-corrected chi connectivity index (χ4v) is 3.59. The second-order valence-electron chi connectivity index (χ2n) is 7.49. The molecule has 0 saturated carbocycles. The number of carbonyl (C=O) groups excluding carboxylic acids is 1. The summed E-state index contributed by atoms with van der Waals surface area (Å²) < 4.78 is 5.93. The zero-order valence-corrected chi connectivity index (χ0v) is 17.3. The summed E-state index contributed by atoms with van der Waals surface area (Å²) in [5, 5.41) is 4.26. The molecule has 3 aromatic rings. The number of rotatable bonds is 0. The van der Waals surface area contributed by atoms with E-state index in [0.29, 0.717) is 11.6 Å². The number of carbonyl (C=O) groups is 1. The van der Waals surface area contributed by atoms with Crippen LogP contribution in [0.25, 0.3) is 17.0 Å². The predicted octanol–water partition coefficient (Wildman–Crippen LogP) is 4.48. The number of fused-ring (bicyclic) bond motifs is 5. The first-order chi connectivity index (χ1) is 15.7. The van der Waals surface area contributed by atoms with Gasteiger partial charge in [-0.2, -0.15) is 0 Å². The molecule has 7 heteroatoms. The van der Waals surface area contributed by atoms with Crippen LogP contribution in [0.5, 0.6) is 5.75 Å². The van der Waals surface area contributed by atoms with Crippen molar-refractivity contribution in [1.82, 2.24) is 14.9 Å². The van der Waals surface area contributed by atoms with Gasteiger partial charge in [0.15, 0.2) is 0 Å². The number of aliphatic imine (C=N–C) groups is 1. The van der Waals surface area contributed by atoms with Crippen molar-refractivity contribution < 1.29 is 9.53 Å². The number of hydrogen-bond donors (Lipinski definition) is 1. The molecule has 4 bridgehead atoms. The minimum atomic E-state index is -0.188. The van der Waals surface area contributed by atoms with E-state index in [1.165, 1.54) is 12.5 Å². The molecule has 3 aliphatic rings. The van der Waals surface area contributed by atoms with Gasteiger partial charge in [-0.15, -0.1) is 0 Å². The standard InChI is InChI=1S/C25H21N5O2/c31-24-15-30-12-9-18(10-13-30)16-32-20-7-8-23-21(14-20)25(28-17-27-23)29-22-6-2-1-4-19(22)5-3-11-26-24/h1-9,11-12,14,16-17H,10,13,15H2,(H,27,28,29)/b5-3?,18-16+,26-11?. The summed E-state index contributed by atoms with van der Waals surface area (Å²) in [5.74, 6) is 1.20. The van der Waals surface area contributed by atoms with Crippen LogP contribution in [0, 0.1) is 0 Å². The summed E-state index contributed by atoms with van der Waals surface area (Å²) >= 11 is 0. The SMILES string of the molecule is O=C1CN2C=C/C(=C\Oc3ccc4ncnc(c4c3)Nc3ccccc3C=CC=N1)CC2. The maximum Gasteiger partial charge on any atom is 0.265 e. The van der Waals surface area contributed by atoms with E-state index in [1.807, 2.05) is 65.7 Å². The molecule has 0 fully saturated rings. The summed E-state index contributed by atoms with van der Waals surface area (Å²) in [7, 11) is 0. The Hall–Kier alpha value is -4.26. The van der Waals surface area contributed by atoms with Crippen LogP contribution in [-0.4, -0.2) is 40.1 Å². The van der Waals surface area contributed by atoms with E-state index in [-0.39, 0.29) is 12.5 Å².